The molecule has 1 aliphatic heterocycles. The van der Waals surface area contributed by atoms with Crippen LogP contribution < -0.4 is 5.73 Å². The summed E-state index contributed by atoms with van der Waals surface area (Å²) in [4.78, 5) is 2.50. The maximum absolute atomic E-state index is 6.05. The van der Waals surface area contributed by atoms with E-state index in [9.17, 15) is 0 Å². The van der Waals surface area contributed by atoms with Crippen LogP contribution in [0.4, 0.5) is 0 Å². The summed E-state index contributed by atoms with van der Waals surface area (Å²) in [5, 5.41) is 0. The monoisotopic (exact) mass is 184 g/mol. The molecule has 0 bridgehead atoms. The first-order chi connectivity index (χ1) is 6.33. The molecule has 2 N–H and O–H groups in total. The van der Waals surface area contributed by atoms with E-state index in [0.717, 1.165) is 13.1 Å². The number of hydrogen-bond donors (Lipinski definition) is 1. The van der Waals surface area contributed by atoms with Crippen LogP contribution in [0.5, 0.6) is 0 Å². The lowest BCUT2D eigenvalue weighted by atomic mass is 10.0. The molecule has 0 aromatic carbocycles. The van der Waals surface area contributed by atoms with Crippen molar-refractivity contribution >= 4 is 0 Å². The number of nitrogens with two attached hydrogens (primary N) is 1. The van der Waals surface area contributed by atoms with E-state index in [1.807, 2.05) is 0 Å². The van der Waals surface area contributed by atoms with Crippen LogP contribution in [0.1, 0.15) is 45.4 Å². The summed E-state index contributed by atoms with van der Waals surface area (Å²) in [5.74, 6) is 0. The highest BCUT2D eigenvalue weighted by Gasteiger charge is 2.10. The number of hydrogen-bond acceptors (Lipinski definition) is 2. The Bertz CT molecular complexity index is 125. The van der Waals surface area contributed by atoms with Gasteiger partial charge in [-0.25, -0.2) is 0 Å². The highest BCUT2D eigenvalue weighted by Crippen LogP contribution is 2.10. The van der Waals surface area contributed by atoms with E-state index < -0.39 is 0 Å². The first-order valence-electron chi connectivity index (χ1n) is 5.81. The maximum atomic E-state index is 6.05. The van der Waals surface area contributed by atoms with Crippen molar-refractivity contribution in [2.24, 2.45) is 5.73 Å². The van der Waals surface area contributed by atoms with Gasteiger partial charge in [-0.3, -0.25) is 0 Å². The first kappa shape index (κ1) is 11.0. The third-order valence-corrected chi connectivity index (χ3v) is 2.99. The van der Waals surface area contributed by atoms with Gasteiger partial charge >= 0.3 is 0 Å². The van der Waals surface area contributed by atoms with E-state index in [1.54, 1.807) is 0 Å². The van der Waals surface area contributed by atoms with Gasteiger partial charge in [0.2, 0.25) is 0 Å². The molecule has 1 rings (SSSR count). The normalized spacial score (nSPS) is 28.6. The Hall–Kier alpha value is -0.0800. The molecule has 0 amide bonds. The predicted octanol–water partition coefficient (Wildman–Crippen LogP) is 1.99. The zero-order valence-electron chi connectivity index (χ0n) is 8.97. The summed E-state index contributed by atoms with van der Waals surface area (Å²) in [7, 11) is 0. The van der Waals surface area contributed by atoms with E-state index in [1.165, 1.54) is 45.1 Å². The van der Waals surface area contributed by atoms with Crippen LogP contribution in [0, 0.1) is 0 Å². The Labute approximate surface area is 82.5 Å². The molecule has 2 nitrogen and oxygen atoms in total. The molecule has 0 aromatic rings. The second kappa shape index (κ2) is 6.39. The lowest BCUT2D eigenvalue weighted by Gasteiger charge is -2.25. The van der Waals surface area contributed by atoms with Crippen LogP contribution in [-0.2, 0) is 0 Å². The van der Waals surface area contributed by atoms with Crippen molar-refractivity contribution in [3.8, 4) is 0 Å². The summed E-state index contributed by atoms with van der Waals surface area (Å²) >= 11 is 0. The highest BCUT2D eigenvalue weighted by atomic mass is 15.1. The summed E-state index contributed by atoms with van der Waals surface area (Å²) in [6.45, 7) is 5.76. The summed E-state index contributed by atoms with van der Waals surface area (Å²) in [5.41, 5.74) is 6.05. The SMILES string of the molecule is CCN1CCCCCCCC(N)C1. The van der Waals surface area contributed by atoms with Crippen LogP contribution in [0.3, 0.4) is 0 Å². The smallest absolute Gasteiger partial charge is 0.0167 e. The first-order valence-corrected chi connectivity index (χ1v) is 5.81. The van der Waals surface area contributed by atoms with Gasteiger partial charge in [0.05, 0.1) is 0 Å². The van der Waals surface area contributed by atoms with Crippen molar-refractivity contribution in [2.45, 2.75) is 51.5 Å². The molecule has 0 saturated carbocycles. The average molecular weight is 184 g/mol. The standard InChI is InChI=1S/C11H24N2/c1-2-13-9-7-5-3-4-6-8-11(12)10-13/h11H,2-10,12H2,1H3. The highest BCUT2D eigenvalue weighted by molar-refractivity contribution is 4.69. The third-order valence-electron chi connectivity index (χ3n) is 2.99. The van der Waals surface area contributed by atoms with Gasteiger partial charge in [-0.15, -0.1) is 0 Å². The largest absolute Gasteiger partial charge is 0.327 e. The topological polar surface area (TPSA) is 29.3 Å². The average Bonchev–Trinajstić information content (AvgIpc) is 2.15. The van der Waals surface area contributed by atoms with Crippen LogP contribution >= 0.6 is 0 Å². The van der Waals surface area contributed by atoms with Crippen molar-refractivity contribution < 1.29 is 0 Å². The fourth-order valence-electron chi connectivity index (χ4n) is 2.07. The molecule has 0 aliphatic carbocycles. The van der Waals surface area contributed by atoms with Gasteiger partial charge in [0.25, 0.3) is 0 Å². The van der Waals surface area contributed by atoms with Crippen molar-refractivity contribution in [3.63, 3.8) is 0 Å². The Morgan fingerprint density at radius 1 is 1.15 bits per heavy atom. The van der Waals surface area contributed by atoms with E-state index in [0.29, 0.717) is 6.04 Å². The summed E-state index contributed by atoms with van der Waals surface area (Å²) in [6, 6.07) is 0.415. The van der Waals surface area contributed by atoms with E-state index in [-0.39, 0.29) is 0 Å². The second-order valence-electron chi connectivity index (χ2n) is 4.21. The minimum absolute atomic E-state index is 0.415. The number of rotatable bonds is 1. The van der Waals surface area contributed by atoms with Crippen LogP contribution in [0.15, 0.2) is 0 Å². The minimum atomic E-state index is 0.415. The Morgan fingerprint density at radius 2 is 1.85 bits per heavy atom. The molecular formula is C11H24N2. The van der Waals surface area contributed by atoms with Gasteiger partial charge in [0.1, 0.15) is 0 Å². The lowest BCUT2D eigenvalue weighted by molar-refractivity contribution is 0.251. The van der Waals surface area contributed by atoms with E-state index >= 15 is 0 Å². The molecule has 13 heavy (non-hydrogen) atoms. The molecule has 1 atom stereocenters. The van der Waals surface area contributed by atoms with Gasteiger partial charge in [-0.1, -0.05) is 32.6 Å². The molecule has 1 aliphatic rings. The molecule has 1 saturated heterocycles. The molecular weight excluding hydrogens is 160 g/mol. The molecule has 1 unspecified atom stereocenters. The molecule has 78 valence electrons. The third kappa shape index (κ3) is 4.63. The van der Waals surface area contributed by atoms with Gasteiger partial charge in [0.15, 0.2) is 0 Å². The van der Waals surface area contributed by atoms with Crippen molar-refractivity contribution in [3.05, 3.63) is 0 Å². The van der Waals surface area contributed by atoms with Gasteiger partial charge < -0.3 is 10.6 Å². The zero-order chi connectivity index (χ0) is 9.52. The number of likely N-dealkylation sites (N-methyl/N-ethyl adjacent to an activating group) is 1. The Balaban J connectivity index is 2.30. The van der Waals surface area contributed by atoms with Crippen molar-refractivity contribution in [2.75, 3.05) is 19.6 Å². The fraction of sp³-hybridized carbons (Fsp3) is 1.00. The molecule has 1 fully saturated rings. The maximum Gasteiger partial charge on any atom is 0.0167 e. The second-order valence-corrected chi connectivity index (χ2v) is 4.21. The van der Waals surface area contributed by atoms with Crippen LogP contribution in [0.2, 0.25) is 0 Å². The van der Waals surface area contributed by atoms with Crippen molar-refractivity contribution in [1.29, 1.82) is 0 Å². The fourth-order valence-corrected chi connectivity index (χ4v) is 2.07. The zero-order valence-corrected chi connectivity index (χ0v) is 8.97. The van der Waals surface area contributed by atoms with E-state index in [4.69, 9.17) is 5.73 Å². The summed E-state index contributed by atoms with van der Waals surface area (Å²) in [6.07, 6.45) is 8.12. The van der Waals surface area contributed by atoms with Crippen LogP contribution in [-0.4, -0.2) is 30.6 Å². The van der Waals surface area contributed by atoms with Gasteiger partial charge in [0, 0.05) is 12.6 Å². The number of nitrogens with zero attached hydrogens (tertiary/aromatic N) is 1. The van der Waals surface area contributed by atoms with Gasteiger partial charge in [-0.2, -0.15) is 0 Å². The molecule has 0 spiro atoms. The van der Waals surface area contributed by atoms with E-state index in [2.05, 4.69) is 11.8 Å². The molecule has 0 radical (unpaired) electrons. The molecule has 2 heteroatoms. The Kier molecular flexibility index (Phi) is 5.40. The van der Waals surface area contributed by atoms with Crippen LogP contribution in [0.25, 0.3) is 0 Å². The molecule has 0 aromatic heterocycles. The van der Waals surface area contributed by atoms with Gasteiger partial charge in [-0.05, 0) is 25.9 Å². The predicted molar refractivity (Wildman–Crippen MR) is 57.8 cm³/mol. The quantitative estimate of drug-likeness (QED) is 0.675. The summed E-state index contributed by atoms with van der Waals surface area (Å²) < 4.78 is 0. The lowest BCUT2D eigenvalue weighted by Crippen LogP contribution is -2.38. The Morgan fingerprint density at radius 3 is 2.62 bits per heavy atom. The minimum Gasteiger partial charge on any atom is -0.327 e. The molecule has 1 heterocycles. The van der Waals surface area contributed by atoms with Crippen molar-refractivity contribution in [1.82, 2.24) is 4.90 Å².